The fourth-order valence-corrected chi connectivity index (χ4v) is 3.98. The molecule has 3 rings (SSSR count). The molecule has 0 radical (unpaired) electrons. The number of hydrogen-bond donors (Lipinski definition) is 1. The summed E-state index contributed by atoms with van der Waals surface area (Å²) in [6, 6.07) is -0.159. The zero-order valence-corrected chi connectivity index (χ0v) is 14.0. The minimum atomic E-state index is -1.25. The van der Waals surface area contributed by atoms with Gasteiger partial charge in [0.1, 0.15) is 0 Å². The summed E-state index contributed by atoms with van der Waals surface area (Å²) in [5, 5.41) is 21.1. The molecule has 5 nitrogen and oxygen atoms in total. The average Bonchev–Trinajstić information content (AvgIpc) is 2.48. The van der Waals surface area contributed by atoms with Crippen LogP contribution in [0.15, 0.2) is 11.3 Å². The fraction of sp³-hybridized carbons (Fsp3) is 0.714. The molecule has 0 spiro atoms. The number of rotatable bonds is 2. The summed E-state index contributed by atoms with van der Waals surface area (Å²) in [6.07, 6.45) is 4.04. The van der Waals surface area contributed by atoms with Crippen LogP contribution >= 0.6 is 0 Å². The van der Waals surface area contributed by atoms with Gasteiger partial charge in [0.15, 0.2) is 0 Å². The van der Waals surface area contributed by atoms with E-state index in [4.69, 9.17) is 0 Å². The van der Waals surface area contributed by atoms with Gasteiger partial charge in [-0.3, -0.25) is 4.79 Å². The van der Waals surface area contributed by atoms with Crippen LogP contribution in [-0.4, -0.2) is 34.0 Å². The summed E-state index contributed by atoms with van der Waals surface area (Å²) in [6.45, 7) is 1.60. The van der Waals surface area contributed by atoms with Crippen LogP contribution in [0.4, 0.5) is 0 Å². The predicted octanol–water partition coefficient (Wildman–Crippen LogP) is -3.20. The van der Waals surface area contributed by atoms with Crippen molar-refractivity contribution in [2.75, 3.05) is 0 Å². The molecule has 0 unspecified atom stereocenters. The molecule has 2 fully saturated rings. The molecule has 2 aliphatic heterocycles. The number of carboxylic acids is 1. The number of aliphatic hydroxyl groups is 1. The second kappa shape index (κ2) is 5.79. The molecule has 104 valence electrons. The van der Waals surface area contributed by atoms with Gasteiger partial charge in [-0.2, -0.15) is 0 Å². The molecule has 0 aromatic rings. The van der Waals surface area contributed by atoms with E-state index in [1.54, 1.807) is 6.92 Å². The molecule has 1 aliphatic carbocycles. The first-order valence-electron chi connectivity index (χ1n) is 6.99. The van der Waals surface area contributed by atoms with Crippen LogP contribution in [0, 0.1) is 11.8 Å². The minimum Gasteiger partial charge on any atom is -0.543 e. The van der Waals surface area contributed by atoms with Crippen LogP contribution in [-0.2, 0) is 9.59 Å². The van der Waals surface area contributed by atoms with Crippen LogP contribution in [0.3, 0.4) is 0 Å². The summed E-state index contributed by atoms with van der Waals surface area (Å²) in [5.41, 5.74) is 0.970. The molecule has 0 bridgehead atoms. The van der Waals surface area contributed by atoms with Crippen LogP contribution in [0.25, 0.3) is 0 Å². The van der Waals surface area contributed by atoms with E-state index in [0.717, 1.165) is 37.7 Å². The number of β-lactam (4-membered cyclic amide) rings is 1. The van der Waals surface area contributed by atoms with Gasteiger partial charge in [-0.1, -0.05) is 12.8 Å². The molecule has 0 aromatic carbocycles. The first-order valence-corrected chi connectivity index (χ1v) is 6.99. The third-order valence-electron chi connectivity index (χ3n) is 4.77. The number of amides is 1. The topological polar surface area (TPSA) is 80.7 Å². The molecule has 4 atom stereocenters. The van der Waals surface area contributed by atoms with E-state index in [1.165, 1.54) is 4.90 Å². The van der Waals surface area contributed by atoms with Gasteiger partial charge in [-0.15, -0.1) is 0 Å². The van der Waals surface area contributed by atoms with Crippen molar-refractivity contribution in [3.05, 3.63) is 11.3 Å². The SMILES string of the molecule is C[C@@H](O)[C@H]1C(=O)N2C(C(=O)[O-])=C3CCCCC[C@@H]3[C@H]12.[Na+]. The van der Waals surface area contributed by atoms with Gasteiger partial charge in [0.25, 0.3) is 0 Å². The molecule has 1 N–H and O–H groups in total. The van der Waals surface area contributed by atoms with E-state index in [-0.39, 0.29) is 53.1 Å². The van der Waals surface area contributed by atoms with E-state index in [1.807, 2.05) is 0 Å². The van der Waals surface area contributed by atoms with Crippen molar-refractivity contribution in [2.24, 2.45) is 11.8 Å². The van der Waals surface area contributed by atoms with Crippen LogP contribution in [0.1, 0.15) is 39.0 Å². The van der Waals surface area contributed by atoms with Crippen molar-refractivity contribution in [3.63, 3.8) is 0 Å². The van der Waals surface area contributed by atoms with Crippen LogP contribution < -0.4 is 34.7 Å². The standard InChI is InChI=1S/C14H19NO4.Na/c1-7(16)10-11-8-5-3-2-4-6-9(8)12(14(18)19)15(11)13(10)17;/h7-8,10-11,16H,2-6H2,1H3,(H,18,19);/q;+1/p-1/t7-,8+,10-,11-;/m1./s1. The molecule has 6 heteroatoms. The Kier molecular flexibility index (Phi) is 4.64. The monoisotopic (exact) mass is 287 g/mol. The number of aliphatic hydroxyl groups excluding tert-OH is 1. The van der Waals surface area contributed by atoms with E-state index >= 15 is 0 Å². The Morgan fingerprint density at radius 2 is 2.10 bits per heavy atom. The van der Waals surface area contributed by atoms with Crippen molar-refractivity contribution >= 4 is 11.9 Å². The van der Waals surface area contributed by atoms with E-state index < -0.39 is 18.0 Å². The summed E-state index contributed by atoms with van der Waals surface area (Å²) < 4.78 is 0. The first-order chi connectivity index (χ1) is 9.04. The third kappa shape index (κ3) is 2.15. The molecule has 1 amide bonds. The van der Waals surface area contributed by atoms with E-state index in [2.05, 4.69) is 0 Å². The third-order valence-corrected chi connectivity index (χ3v) is 4.77. The van der Waals surface area contributed by atoms with Gasteiger partial charge in [-0.25, -0.2) is 0 Å². The summed E-state index contributed by atoms with van der Waals surface area (Å²) >= 11 is 0. The van der Waals surface area contributed by atoms with Crippen molar-refractivity contribution in [1.29, 1.82) is 0 Å². The van der Waals surface area contributed by atoms with E-state index in [0.29, 0.717) is 0 Å². The Morgan fingerprint density at radius 1 is 1.40 bits per heavy atom. The molecule has 1 saturated heterocycles. The maximum Gasteiger partial charge on any atom is 1.00 e. The molecular formula is C14H18NNaO4. The molecule has 1 saturated carbocycles. The van der Waals surface area contributed by atoms with Crippen molar-refractivity contribution in [1.82, 2.24) is 4.90 Å². The second-order valence-electron chi connectivity index (χ2n) is 5.83. The number of carbonyl (C=O) groups is 2. The fourth-order valence-electron chi connectivity index (χ4n) is 3.98. The Morgan fingerprint density at radius 3 is 2.70 bits per heavy atom. The van der Waals surface area contributed by atoms with Gasteiger partial charge in [0.05, 0.1) is 29.7 Å². The maximum atomic E-state index is 12.1. The predicted molar refractivity (Wildman–Crippen MR) is 64.4 cm³/mol. The summed E-state index contributed by atoms with van der Waals surface area (Å²) in [4.78, 5) is 24.8. The second-order valence-corrected chi connectivity index (χ2v) is 5.83. The molecule has 0 aromatic heterocycles. The van der Waals surface area contributed by atoms with Crippen molar-refractivity contribution in [2.45, 2.75) is 51.2 Å². The van der Waals surface area contributed by atoms with Crippen molar-refractivity contribution < 1.29 is 49.4 Å². The molecule has 3 aliphatic rings. The minimum absolute atomic E-state index is 0. The smallest absolute Gasteiger partial charge is 0.543 e. The first kappa shape index (κ1) is 16.0. The van der Waals surface area contributed by atoms with Crippen LogP contribution in [0.5, 0.6) is 0 Å². The van der Waals surface area contributed by atoms with Gasteiger partial charge in [-0.05, 0) is 31.8 Å². The van der Waals surface area contributed by atoms with Gasteiger partial charge in [0, 0.05) is 5.92 Å². The summed E-state index contributed by atoms with van der Waals surface area (Å²) in [7, 11) is 0. The zero-order chi connectivity index (χ0) is 13.7. The van der Waals surface area contributed by atoms with Crippen molar-refractivity contribution in [3.8, 4) is 0 Å². The Hall–Kier alpha value is -0.360. The number of carbonyl (C=O) groups excluding carboxylic acids is 2. The normalized spacial score (nSPS) is 33.6. The zero-order valence-electron chi connectivity index (χ0n) is 12.0. The average molecular weight is 287 g/mol. The number of hydrogen-bond acceptors (Lipinski definition) is 4. The quantitative estimate of drug-likeness (QED) is 0.428. The Labute approximate surface area is 140 Å². The Balaban J connectivity index is 0.00000147. The number of nitrogens with zero attached hydrogens (tertiary/aromatic N) is 1. The van der Waals surface area contributed by atoms with Gasteiger partial charge in [0.2, 0.25) is 5.91 Å². The number of fused-ring (bicyclic) bond motifs is 3. The Bertz CT molecular complexity index is 474. The number of aliphatic carboxylic acids is 1. The van der Waals surface area contributed by atoms with Crippen LogP contribution in [0.2, 0.25) is 0 Å². The molecule has 20 heavy (non-hydrogen) atoms. The molecular weight excluding hydrogens is 269 g/mol. The van der Waals surface area contributed by atoms with Gasteiger partial charge >= 0.3 is 29.6 Å². The largest absolute Gasteiger partial charge is 1.00 e. The van der Waals surface area contributed by atoms with Gasteiger partial charge < -0.3 is 19.9 Å². The summed E-state index contributed by atoms with van der Waals surface area (Å²) in [5.74, 6) is -1.86. The maximum absolute atomic E-state index is 12.1. The van der Waals surface area contributed by atoms with E-state index in [9.17, 15) is 19.8 Å². The number of carboxylic acid groups (broad SMARTS) is 1. The molecule has 2 heterocycles.